The number of nitrogens with zero attached hydrogens (tertiary/aromatic N) is 1. The summed E-state index contributed by atoms with van der Waals surface area (Å²) in [7, 11) is 0. The van der Waals surface area contributed by atoms with Crippen molar-refractivity contribution in [3.05, 3.63) is 0 Å². The average molecular weight is 131 g/mol. The molecule has 1 saturated heterocycles. The first-order chi connectivity index (χ1) is 4.13. The Morgan fingerprint density at radius 3 is 2.22 bits per heavy atom. The Morgan fingerprint density at radius 2 is 2.11 bits per heavy atom. The van der Waals surface area contributed by atoms with E-state index in [0.717, 1.165) is 0 Å². The second kappa shape index (κ2) is 1.78. The lowest BCUT2D eigenvalue weighted by Crippen LogP contribution is -2.23. The smallest absolute Gasteiger partial charge is 0.316 e. The topological polar surface area (TPSA) is 77.8 Å². The molecule has 50 valence electrons. The third kappa shape index (κ3) is 0.797. The Bertz CT molecular complexity index is 148. The van der Waals surface area contributed by atoms with Gasteiger partial charge in [0.25, 0.3) is 5.78 Å². The van der Waals surface area contributed by atoms with Crippen molar-refractivity contribution in [1.29, 1.82) is 0 Å². The summed E-state index contributed by atoms with van der Waals surface area (Å²) in [5.74, 6) is -1.99. The second-order valence-corrected chi connectivity index (χ2v) is 1.77. The van der Waals surface area contributed by atoms with Gasteiger partial charge in [-0.25, -0.2) is 5.06 Å². The van der Waals surface area contributed by atoms with Gasteiger partial charge in [-0.3, -0.25) is 14.8 Å². The Balaban J connectivity index is 2.77. The van der Waals surface area contributed by atoms with Crippen LogP contribution in [0, 0.1) is 0 Å². The van der Waals surface area contributed by atoms with Gasteiger partial charge in [0.2, 0.25) is 0 Å². The fraction of sp³-hybridized carbons (Fsp3) is 0.500. The molecule has 9 heavy (non-hydrogen) atoms. The highest BCUT2D eigenvalue weighted by Crippen LogP contribution is 2.02. The zero-order valence-corrected chi connectivity index (χ0v) is 4.44. The number of amides is 1. The van der Waals surface area contributed by atoms with Gasteiger partial charge in [-0.15, -0.1) is 0 Å². The molecule has 1 amide bonds. The average Bonchev–Trinajstić information content (AvgIpc) is 1.98. The molecule has 1 fully saturated rings. The summed E-state index contributed by atoms with van der Waals surface area (Å²) in [5, 5.41) is 17.2. The van der Waals surface area contributed by atoms with Crippen LogP contribution in [0.1, 0.15) is 0 Å². The highest BCUT2D eigenvalue weighted by molar-refractivity contribution is 6.39. The molecule has 0 aromatic rings. The van der Waals surface area contributed by atoms with Crippen LogP contribution in [0.2, 0.25) is 0 Å². The van der Waals surface area contributed by atoms with Gasteiger partial charge in [0.1, 0.15) is 6.10 Å². The van der Waals surface area contributed by atoms with Gasteiger partial charge in [-0.2, -0.15) is 0 Å². The van der Waals surface area contributed by atoms with E-state index in [1.165, 1.54) is 0 Å². The first-order valence-corrected chi connectivity index (χ1v) is 2.35. The SMILES string of the molecule is O=C1C(=O)N(O)CC1O. The van der Waals surface area contributed by atoms with Crippen molar-refractivity contribution in [2.75, 3.05) is 6.54 Å². The van der Waals surface area contributed by atoms with E-state index < -0.39 is 17.8 Å². The largest absolute Gasteiger partial charge is 0.383 e. The number of ketones is 1. The molecular weight excluding hydrogens is 126 g/mol. The van der Waals surface area contributed by atoms with E-state index in [9.17, 15) is 9.59 Å². The molecule has 5 nitrogen and oxygen atoms in total. The third-order valence-corrected chi connectivity index (χ3v) is 1.09. The number of hydroxylamine groups is 2. The van der Waals surface area contributed by atoms with Crippen LogP contribution in [0.4, 0.5) is 0 Å². The zero-order valence-electron chi connectivity index (χ0n) is 4.44. The van der Waals surface area contributed by atoms with Gasteiger partial charge in [-0.1, -0.05) is 0 Å². The molecule has 5 heteroatoms. The molecule has 2 N–H and O–H groups in total. The van der Waals surface area contributed by atoms with Crippen molar-refractivity contribution in [3.8, 4) is 0 Å². The maximum Gasteiger partial charge on any atom is 0.316 e. The van der Waals surface area contributed by atoms with Crippen molar-refractivity contribution < 1.29 is 19.9 Å². The molecule has 0 bridgehead atoms. The molecule has 1 atom stereocenters. The predicted octanol–water partition coefficient (Wildman–Crippen LogP) is -1.85. The van der Waals surface area contributed by atoms with Crippen molar-refractivity contribution in [2.45, 2.75) is 6.10 Å². The summed E-state index contributed by atoms with van der Waals surface area (Å²) >= 11 is 0. The van der Waals surface area contributed by atoms with Gasteiger partial charge in [-0.05, 0) is 0 Å². The molecule has 0 aliphatic carbocycles. The molecule has 0 radical (unpaired) electrons. The highest BCUT2D eigenvalue weighted by Gasteiger charge is 2.36. The molecular formula is C4H5NO4. The van der Waals surface area contributed by atoms with Gasteiger partial charge in [0.15, 0.2) is 0 Å². The van der Waals surface area contributed by atoms with Gasteiger partial charge in [0, 0.05) is 0 Å². The predicted molar refractivity (Wildman–Crippen MR) is 24.5 cm³/mol. The lowest BCUT2D eigenvalue weighted by atomic mass is 10.3. The summed E-state index contributed by atoms with van der Waals surface area (Å²) in [6.07, 6.45) is -1.34. The number of hydrogen-bond acceptors (Lipinski definition) is 4. The van der Waals surface area contributed by atoms with Gasteiger partial charge in [0.05, 0.1) is 6.54 Å². The van der Waals surface area contributed by atoms with E-state index >= 15 is 0 Å². The number of aliphatic hydroxyl groups excluding tert-OH is 1. The minimum Gasteiger partial charge on any atom is -0.383 e. The van der Waals surface area contributed by atoms with E-state index in [0.29, 0.717) is 0 Å². The minimum atomic E-state index is -1.34. The first-order valence-electron chi connectivity index (χ1n) is 2.35. The molecule has 1 heterocycles. The van der Waals surface area contributed by atoms with Crippen LogP contribution < -0.4 is 0 Å². The fourth-order valence-electron chi connectivity index (χ4n) is 0.599. The summed E-state index contributed by atoms with van der Waals surface area (Å²) in [6, 6.07) is 0. The van der Waals surface area contributed by atoms with Crippen LogP contribution in [0.5, 0.6) is 0 Å². The molecule has 0 aromatic carbocycles. The number of aliphatic hydroxyl groups is 1. The number of carbonyl (C=O) groups excluding carboxylic acids is 2. The number of Topliss-reactive ketones (excluding diaryl/α,β-unsaturated/α-hetero) is 1. The third-order valence-electron chi connectivity index (χ3n) is 1.09. The lowest BCUT2D eigenvalue weighted by Gasteiger charge is -2.00. The molecule has 0 spiro atoms. The maximum absolute atomic E-state index is 10.3. The first kappa shape index (κ1) is 6.18. The normalized spacial score (nSPS) is 27.8. The van der Waals surface area contributed by atoms with Crippen molar-refractivity contribution in [1.82, 2.24) is 5.06 Å². The van der Waals surface area contributed by atoms with E-state index in [-0.39, 0.29) is 11.6 Å². The monoisotopic (exact) mass is 131 g/mol. The summed E-state index contributed by atoms with van der Waals surface area (Å²) in [5.41, 5.74) is 0. The zero-order chi connectivity index (χ0) is 7.02. The summed E-state index contributed by atoms with van der Waals surface area (Å²) < 4.78 is 0. The number of hydrogen-bond donors (Lipinski definition) is 2. The van der Waals surface area contributed by atoms with Crippen LogP contribution >= 0.6 is 0 Å². The van der Waals surface area contributed by atoms with Crippen LogP contribution in [-0.2, 0) is 9.59 Å². The van der Waals surface area contributed by atoms with Crippen molar-refractivity contribution >= 4 is 11.7 Å². The van der Waals surface area contributed by atoms with Crippen molar-refractivity contribution in [3.63, 3.8) is 0 Å². The molecule has 0 aromatic heterocycles. The van der Waals surface area contributed by atoms with Crippen LogP contribution in [-0.4, -0.2) is 39.7 Å². The van der Waals surface area contributed by atoms with Crippen LogP contribution in [0.15, 0.2) is 0 Å². The molecule has 1 rings (SSSR count). The Labute approximate surface area is 50.5 Å². The summed E-state index contributed by atoms with van der Waals surface area (Å²) in [6.45, 7) is -0.308. The van der Waals surface area contributed by atoms with Gasteiger partial charge < -0.3 is 5.11 Å². The summed E-state index contributed by atoms with van der Waals surface area (Å²) in [4.78, 5) is 20.6. The Morgan fingerprint density at radius 1 is 1.56 bits per heavy atom. The molecule has 1 aliphatic heterocycles. The number of β-amino-alcohol motifs (C(OH)–C–C–N with tert-alkyl or cyclic N) is 1. The minimum absolute atomic E-state index is 0.201. The Kier molecular flexibility index (Phi) is 1.22. The maximum atomic E-state index is 10.3. The quantitative estimate of drug-likeness (QED) is 0.299. The van der Waals surface area contributed by atoms with E-state index in [2.05, 4.69) is 0 Å². The Hall–Kier alpha value is -0.940. The van der Waals surface area contributed by atoms with E-state index in [4.69, 9.17) is 10.3 Å². The lowest BCUT2D eigenvalue weighted by molar-refractivity contribution is -0.161. The van der Waals surface area contributed by atoms with Crippen LogP contribution in [0.25, 0.3) is 0 Å². The van der Waals surface area contributed by atoms with Crippen LogP contribution in [0.3, 0.4) is 0 Å². The number of carbonyl (C=O) groups is 2. The number of rotatable bonds is 0. The molecule has 1 unspecified atom stereocenters. The van der Waals surface area contributed by atoms with Gasteiger partial charge >= 0.3 is 5.91 Å². The fourth-order valence-corrected chi connectivity index (χ4v) is 0.599. The second-order valence-electron chi connectivity index (χ2n) is 1.77. The standard InChI is InChI=1S/C4H5NO4/c6-2-1-5(9)4(8)3(2)7/h2,6,9H,1H2. The molecule has 1 aliphatic rings. The van der Waals surface area contributed by atoms with E-state index in [1.54, 1.807) is 0 Å². The molecule has 0 saturated carbocycles. The van der Waals surface area contributed by atoms with E-state index in [1.807, 2.05) is 0 Å². The highest BCUT2D eigenvalue weighted by atomic mass is 16.5. The van der Waals surface area contributed by atoms with Crippen molar-refractivity contribution in [2.24, 2.45) is 0 Å².